The minimum Gasteiger partial charge on any atom is -0.495 e. The highest BCUT2D eigenvalue weighted by Gasteiger charge is 2.29. The third kappa shape index (κ3) is 4.86. The van der Waals surface area contributed by atoms with E-state index in [1.165, 1.54) is 24.9 Å². The first kappa shape index (κ1) is 26.2. The summed E-state index contributed by atoms with van der Waals surface area (Å²) in [6.45, 7) is 5.77. The van der Waals surface area contributed by atoms with Crippen molar-refractivity contribution in [2.75, 3.05) is 19.5 Å². The lowest BCUT2D eigenvalue weighted by Crippen LogP contribution is -2.44. The molecule has 1 fully saturated rings. The summed E-state index contributed by atoms with van der Waals surface area (Å²) in [4.78, 5) is 27.1. The fourth-order valence-electron chi connectivity index (χ4n) is 4.44. The highest BCUT2D eigenvalue weighted by molar-refractivity contribution is 6.41. The molecular weight excluding hydrogens is 507 g/mol. The Hall–Kier alpha value is -2.92. The lowest BCUT2D eigenvalue weighted by Gasteiger charge is -2.24. The maximum Gasteiger partial charge on any atom is 0.278 e. The average Bonchev–Trinajstić information content (AvgIpc) is 3.30. The van der Waals surface area contributed by atoms with Gasteiger partial charge in [0.25, 0.3) is 5.56 Å². The zero-order valence-corrected chi connectivity index (χ0v) is 21.7. The van der Waals surface area contributed by atoms with E-state index in [1.54, 1.807) is 12.3 Å². The Balaban J connectivity index is 1.78. The smallest absolute Gasteiger partial charge is 0.278 e. The fourth-order valence-corrected chi connectivity index (χ4v) is 5.12. The van der Waals surface area contributed by atoms with Gasteiger partial charge in [0.15, 0.2) is 5.65 Å². The van der Waals surface area contributed by atoms with Crippen LogP contribution in [0.15, 0.2) is 29.7 Å². The minimum absolute atomic E-state index is 0.00735. The zero-order chi connectivity index (χ0) is 26.0. The largest absolute Gasteiger partial charge is 0.495 e. The number of fused-ring (bicyclic) bond motifs is 1. The van der Waals surface area contributed by atoms with Crippen LogP contribution in [0.5, 0.6) is 11.5 Å². The van der Waals surface area contributed by atoms with Crippen molar-refractivity contribution in [3.05, 3.63) is 45.3 Å². The number of halogens is 2. The van der Waals surface area contributed by atoms with Gasteiger partial charge < -0.3 is 19.9 Å². The highest BCUT2D eigenvalue weighted by Crippen LogP contribution is 2.44. The number of hydrogen-bond acceptors (Lipinski definition) is 9. The molecule has 0 radical (unpaired) electrons. The Bertz CT molecular complexity index is 1320. The molecule has 3 N–H and O–H groups in total. The van der Waals surface area contributed by atoms with Crippen molar-refractivity contribution in [1.82, 2.24) is 24.8 Å². The molecule has 2 aromatic heterocycles. The Kier molecular flexibility index (Phi) is 7.99. The monoisotopic (exact) mass is 534 g/mol. The molecule has 0 saturated heterocycles. The molecular formula is C24H28Cl2N6O4. The van der Waals surface area contributed by atoms with Gasteiger partial charge in [-0.05, 0) is 32.3 Å². The zero-order valence-electron chi connectivity index (χ0n) is 20.2. The summed E-state index contributed by atoms with van der Waals surface area (Å²) in [6, 6.07) is 1.58. The van der Waals surface area contributed by atoms with Gasteiger partial charge in [0, 0.05) is 24.7 Å². The van der Waals surface area contributed by atoms with E-state index in [9.17, 15) is 9.90 Å². The van der Waals surface area contributed by atoms with Crippen molar-refractivity contribution in [3.8, 4) is 22.8 Å². The number of benzene rings is 1. The van der Waals surface area contributed by atoms with Gasteiger partial charge in [0.2, 0.25) is 5.95 Å². The molecule has 12 heteroatoms. The summed E-state index contributed by atoms with van der Waals surface area (Å²) in [7, 11) is 2.92. The summed E-state index contributed by atoms with van der Waals surface area (Å²) in [5, 5.41) is 16.7. The average molecular weight is 535 g/mol. The van der Waals surface area contributed by atoms with Crippen LogP contribution in [0.3, 0.4) is 0 Å². The third-order valence-electron chi connectivity index (χ3n) is 6.25. The summed E-state index contributed by atoms with van der Waals surface area (Å²) in [6.07, 6.45) is 4.97. The maximum atomic E-state index is 13.6. The quantitative estimate of drug-likeness (QED) is 0.278. The Labute approximate surface area is 218 Å². The third-order valence-corrected chi connectivity index (χ3v) is 7.00. The van der Waals surface area contributed by atoms with Crippen molar-refractivity contribution < 1.29 is 14.6 Å². The van der Waals surface area contributed by atoms with Crippen LogP contribution < -0.4 is 25.7 Å². The number of anilines is 1. The summed E-state index contributed by atoms with van der Waals surface area (Å²) in [5.41, 5.74) is 0.614. The molecule has 36 heavy (non-hydrogen) atoms. The molecule has 3 unspecified atom stereocenters. The molecule has 0 spiro atoms. The number of nitrogens with zero attached hydrogens (tertiary/aromatic N) is 4. The Morgan fingerprint density at radius 1 is 1.22 bits per heavy atom. The molecule has 1 aliphatic carbocycles. The van der Waals surface area contributed by atoms with Crippen LogP contribution >= 0.6 is 23.2 Å². The first-order valence-corrected chi connectivity index (χ1v) is 12.3. The number of methoxy groups -OCH3 is 2. The van der Waals surface area contributed by atoms with Gasteiger partial charge in [-0.15, -0.1) is 0 Å². The van der Waals surface area contributed by atoms with E-state index in [-0.39, 0.29) is 33.4 Å². The normalized spacial score (nSPS) is 18.3. The van der Waals surface area contributed by atoms with Crippen LogP contribution in [-0.2, 0) is 6.54 Å². The molecule has 3 aromatic rings. The van der Waals surface area contributed by atoms with Gasteiger partial charge in [-0.1, -0.05) is 29.8 Å². The van der Waals surface area contributed by atoms with Gasteiger partial charge in [-0.3, -0.25) is 14.7 Å². The molecule has 1 aliphatic rings. The molecule has 0 amide bonds. The van der Waals surface area contributed by atoms with Crippen LogP contribution in [0.4, 0.5) is 5.95 Å². The van der Waals surface area contributed by atoms with E-state index >= 15 is 0 Å². The van der Waals surface area contributed by atoms with E-state index in [0.29, 0.717) is 35.2 Å². The number of rotatable bonds is 9. The van der Waals surface area contributed by atoms with E-state index in [0.717, 1.165) is 19.3 Å². The van der Waals surface area contributed by atoms with Crippen LogP contribution in [-0.4, -0.2) is 57.2 Å². The number of aliphatic hydroxyl groups is 1. The topological polar surface area (TPSA) is 123 Å². The minimum atomic E-state index is -0.795. The number of aryl methyl sites for hydroxylation is 1. The summed E-state index contributed by atoms with van der Waals surface area (Å²) >= 11 is 13.1. The van der Waals surface area contributed by atoms with E-state index in [2.05, 4.69) is 32.2 Å². The second-order valence-electron chi connectivity index (χ2n) is 8.33. The predicted octanol–water partition coefficient (Wildman–Crippen LogP) is 3.62. The highest BCUT2D eigenvalue weighted by atomic mass is 35.5. The Morgan fingerprint density at radius 3 is 2.50 bits per heavy atom. The SMILES string of the molecule is C=CC(O)NC1CCCC1Nc1ncc2nc(-c3c(Cl)c(OC)cc(OC)c3Cl)c(=O)n(CC)c2n1. The van der Waals surface area contributed by atoms with Crippen molar-refractivity contribution in [1.29, 1.82) is 0 Å². The van der Waals surface area contributed by atoms with Crippen molar-refractivity contribution in [2.45, 2.75) is 51.0 Å². The molecule has 3 atom stereocenters. The van der Waals surface area contributed by atoms with Gasteiger partial charge in [0.1, 0.15) is 28.9 Å². The number of ether oxygens (including phenoxy) is 2. The van der Waals surface area contributed by atoms with Crippen LogP contribution in [0.1, 0.15) is 26.2 Å². The van der Waals surface area contributed by atoms with Crippen LogP contribution in [0, 0.1) is 0 Å². The van der Waals surface area contributed by atoms with E-state index < -0.39 is 11.8 Å². The van der Waals surface area contributed by atoms with Gasteiger partial charge in [-0.2, -0.15) is 4.98 Å². The van der Waals surface area contributed by atoms with E-state index in [4.69, 9.17) is 32.7 Å². The van der Waals surface area contributed by atoms with Gasteiger partial charge in [0.05, 0.1) is 36.0 Å². The maximum absolute atomic E-state index is 13.6. The Morgan fingerprint density at radius 2 is 1.89 bits per heavy atom. The number of nitrogens with one attached hydrogen (secondary N) is 2. The van der Waals surface area contributed by atoms with Crippen molar-refractivity contribution in [2.24, 2.45) is 0 Å². The van der Waals surface area contributed by atoms with Crippen molar-refractivity contribution in [3.63, 3.8) is 0 Å². The second-order valence-corrected chi connectivity index (χ2v) is 9.09. The molecule has 192 valence electrons. The van der Waals surface area contributed by atoms with Crippen LogP contribution in [0.25, 0.3) is 22.4 Å². The second kappa shape index (κ2) is 11.0. The predicted molar refractivity (Wildman–Crippen MR) is 140 cm³/mol. The first-order chi connectivity index (χ1) is 17.3. The number of aromatic nitrogens is 4. The fraction of sp³-hybridized carbons (Fsp3) is 0.417. The standard InChI is InChI=1S/C24H28Cl2N6O4/c1-5-17(33)28-12-8-7-9-13(12)30-24-27-11-14-22(31-24)32(6-2)23(34)21(29-14)18-19(25)15(35-3)10-16(36-4)20(18)26/h5,10-13,17,28,33H,1,6-9H2,2-4H3,(H,27,30,31). The molecule has 1 saturated carbocycles. The molecule has 0 aliphatic heterocycles. The van der Waals surface area contributed by atoms with Gasteiger partial charge in [-0.25, -0.2) is 9.97 Å². The summed E-state index contributed by atoms with van der Waals surface area (Å²) in [5.74, 6) is 0.966. The van der Waals surface area contributed by atoms with Crippen LogP contribution in [0.2, 0.25) is 10.0 Å². The van der Waals surface area contributed by atoms with E-state index in [1.807, 2.05) is 6.92 Å². The van der Waals surface area contributed by atoms with Crippen molar-refractivity contribution >= 4 is 40.3 Å². The lowest BCUT2D eigenvalue weighted by atomic mass is 10.1. The molecule has 2 heterocycles. The van der Waals surface area contributed by atoms with Gasteiger partial charge >= 0.3 is 0 Å². The number of aliphatic hydroxyl groups excluding tert-OH is 1. The molecule has 1 aromatic carbocycles. The molecule has 10 nitrogen and oxygen atoms in total. The molecule has 0 bridgehead atoms. The first-order valence-electron chi connectivity index (χ1n) is 11.5. The number of hydrogen-bond donors (Lipinski definition) is 3. The molecule has 4 rings (SSSR count). The lowest BCUT2D eigenvalue weighted by molar-refractivity contribution is 0.166. The summed E-state index contributed by atoms with van der Waals surface area (Å²) < 4.78 is 12.2.